The van der Waals surface area contributed by atoms with Crippen LogP contribution in [0.5, 0.6) is 0 Å². The molecule has 2 heterocycles. The van der Waals surface area contributed by atoms with E-state index >= 15 is 0 Å². The van der Waals surface area contributed by atoms with E-state index in [0.717, 1.165) is 4.88 Å². The van der Waals surface area contributed by atoms with Gasteiger partial charge in [-0.3, -0.25) is 14.5 Å². The number of thiophene rings is 1. The smallest absolute Gasteiger partial charge is 0.235 e. The summed E-state index contributed by atoms with van der Waals surface area (Å²) >= 11 is 1.55. The van der Waals surface area contributed by atoms with Gasteiger partial charge in [-0.05, 0) is 11.4 Å². The first-order chi connectivity index (χ1) is 7.20. The van der Waals surface area contributed by atoms with Crippen molar-refractivity contribution in [1.82, 2.24) is 4.90 Å². The molecule has 5 heteroatoms. The third-order valence-corrected chi connectivity index (χ3v) is 3.93. The number of hydrogen-bond acceptors (Lipinski definition) is 4. The molecule has 2 N–H and O–H groups in total. The van der Waals surface area contributed by atoms with Gasteiger partial charge in [-0.2, -0.15) is 0 Å². The molecule has 1 aliphatic carbocycles. The van der Waals surface area contributed by atoms with Crippen LogP contribution in [-0.4, -0.2) is 22.8 Å². The summed E-state index contributed by atoms with van der Waals surface area (Å²) in [6, 6.07) is 3.62. The van der Waals surface area contributed by atoms with Crippen LogP contribution in [0.15, 0.2) is 17.5 Å². The Bertz CT molecular complexity index is 407. The molecule has 0 bridgehead atoms. The number of piperidine rings is 1. The number of nitrogens with two attached hydrogens (primary N) is 1. The van der Waals surface area contributed by atoms with Crippen molar-refractivity contribution in [3.8, 4) is 0 Å². The van der Waals surface area contributed by atoms with Gasteiger partial charge in [-0.1, -0.05) is 6.07 Å². The van der Waals surface area contributed by atoms with Crippen molar-refractivity contribution in [3.63, 3.8) is 0 Å². The molecule has 2 fully saturated rings. The minimum absolute atomic E-state index is 0.0918. The van der Waals surface area contributed by atoms with Crippen molar-refractivity contribution >= 4 is 23.2 Å². The largest absolute Gasteiger partial charge is 0.326 e. The van der Waals surface area contributed by atoms with Crippen molar-refractivity contribution < 1.29 is 9.59 Å². The monoisotopic (exact) mass is 222 g/mol. The SMILES string of the molecule is NC1C2C(=O)N(Cc3cccs3)C(=O)C12. The van der Waals surface area contributed by atoms with Gasteiger partial charge in [0.2, 0.25) is 11.8 Å². The molecule has 0 radical (unpaired) electrons. The number of carbonyl (C=O) groups is 2. The summed E-state index contributed by atoms with van der Waals surface area (Å²) < 4.78 is 0. The lowest BCUT2D eigenvalue weighted by atomic mass is 10.3. The lowest BCUT2D eigenvalue weighted by Gasteiger charge is -2.16. The molecule has 1 aromatic heterocycles. The van der Waals surface area contributed by atoms with E-state index in [4.69, 9.17) is 5.73 Å². The molecule has 2 atom stereocenters. The zero-order valence-electron chi connectivity index (χ0n) is 7.92. The van der Waals surface area contributed by atoms with E-state index in [1.54, 1.807) is 11.3 Å². The Hall–Kier alpha value is -1.20. The maximum atomic E-state index is 11.7. The number of nitrogens with zero attached hydrogens (tertiary/aromatic N) is 1. The maximum absolute atomic E-state index is 11.7. The number of carbonyl (C=O) groups excluding carboxylic acids is 2. The quantitative estimate of drug-likeness (QED) is 0.726. The van der Waals surface area contributed by atoms with E-state index < -0.39 is 0 Å². The molecule has 4 nitrogen and oxygen atoms in total. The number of fused-ring (bicyclic) bond motifs is 1. The van der Waals surface area contributed by atoms with E-state index in [1.807, 2.05) is 17.5 Å². The van der Waals surface area contributed by atoms with Gasteiger partial charge in [-0.25, -0.2) is 0 Å². The first kappa shape index (κ1) is 9.06. The molecule has 1 saturated carbocycles. The van der Waals surface area contributed by atoms with E-state index in [1.165, 1.54) is 4.90 Å². The molecule has 78 valence electrons. The van der Waals surface area contributed by atoms with Crippen LogP contribution < -0.4 is 5.73 Å². The highest BCUT2D eigenvalue weighted by molar-refractivity contribution is 7.09. The number of amides is 2. The van der Waals surface area contributed by atoms with Gasteiger partial charge in [-0.15, -0.1) is 11.3 Å². The first-order valence-electron chi connectivity index (χ1n) is 4.83. The lowest BCUT2D eigenvalue weighted by molar-refractivity contribution is -0.142. The maximum Gasteiger partial charge on any atom is 0.235 e. The third-order valence-electron chi connectivity index (χ3n) is 3.07. The first-order valence-corrected chi connectivity index (χ1v) is 5.71. The molecule has 15 heavy (non-hydrogen) atoms. The minimum Gasteiger partial charge on any atom is -0.326 e. The molecule has 0 aromatic carbocycles. The van der Waals surface area contributed by atoms with Gasteiger partial charge in [0, 0.05) is 10.9 Å². The molecular formula is C10H10N2O2S. The van der Waals surface area contributed by atoms with E-state index in [2.05, 4.69) is 0 Å². The molecule has 0 spiro atoms. The van der Waals surface area contributed by atoms with Crippen LogP contribution in [0, 0.1) is 11.8 Å². The van der Waals surface area contributed by atoms with Crippen LogP contribution >= 0.6 is 11.3 Å². The number of likely N-dealkylation sites (tertiary alicyclic amines) is 1. The molecule has 2 unspecified atom stereocenters. The Morgan fingerprint density at radius 3 is 2.53 bits per heavy atom. The standard InChI is InChI=1S/C10H10N2O2S/c11-8-6-7(8)10(14)12(9(6)13)4-5-2-1-3-15-5/h1-3,6-8H,4,11H2. The predicted molar refractivity (Wildman–Crippen MR) is 54.8 cm³/mol. The highest BCUT2D eigenvalue weighted by Crippen LogP contribution is 2.46. The van der Waals surface area contributed by atoms with E-state index in [-0.39, 0.29) is 29.7 Å². The minimum atomic E-state index is -0.225. The van der Waals surface area contributed by atoms with Crippen molar-refractivity contribution in [2.45, 2.75) is 12.6 Å². The molecule has 2 aliphatic rings. The van der Waals surface area contributed by atoms with Crippen molar-refractivity contribution in [1.29, 1.82) is 0 Å². The van der Waals surface area contributed by atoms with Gasteiger partial charge >= 0.3 is 0 Å². The Morgan fingerprint density at radius 1 is 1.33 bits per heavy atom. The van der Waals surface area contributed by atoms with E-state index in [0.29, 0.717) is 6.54 Å². The zero-order chi connectivity index (χ0) is 10.6. The van der Waals surface area contributed by atoms with Crippen LogP contribution in [-0.2, 0) is 16.1 Å². The molecule has 2 amide bonds. The zero-order valence-corrected chi connectivity index (χ0v) is 8.74. The number of rotatable bonds is 2. The van der Waals surface area contributed by atoms with Gasteiger partial charge in [0.15, 0.2) is 0 Å². The van der Waals surface area contributed by atoms with Gasteiger partial charge in [0.25, 0.3) is 0 Å². The average Bonchev–Trinajstić information content (AvgIpc) is 2.62. The van der Waals surface area contributed by atoms with Crippen molar-refractivity contribution in [3.05, 3.63) is 22.4 Å². The summed E-state index contributed by atoms with van der Waals surface area (Å²) in [4.78, 5) is 25.8. The Balaban J connectivity index is 1.79. The molecule has 1 aromatic rings. The predicted octanol–water partition coefficient (Wildman–Crippen LogP) is 0.190. The highest BCUT2D eigenvalue weighted by atomic mass is 32.1. The third kappa shape index (κ3) is 1.16. The van der Waals surface area contributed by atoms with Crippen LogP contribution in [0.25, 0.3) is 0 Å². The second kappa shape index (κ2) is 2.90. The second-order valence-corrected chi connectivity index (χ2v) is 5.00. The Kier molecular flexibility index (Phi) is 1.75. The van der Waals surface area contributed by atoms with Crippen LogP contribution in [0.2, 0.25) is 0 Å². The van der Waals surface area contributed by atoms with E-state index in [9.17, 15) is 9.59 Å². The molecule has 1 aliphatic heterocycles. The summed E-state index contributed by atoms with van der Waals surface area (Å²) in [5.74, 6) is -0.633. The summed E-state index contributed by atoms with van der Waals surface area (Å²) in [5.41, 5.74) is 5.62. The van der Waals surface area contributed by atoms with Gasteiger partial charge < -0.3 is 5.73 Å². The normalized spacial score (nSPS) is 33.4. The number of hydrogen-bond donors (Lipinski definition) is 1. The summed E-state index contributed by atoms with van der Waals surface area (Å²) in [6.07, 6.45) is 0. The fourth-order valence-corrected chi connectivity index (χ4v) is 2.85. The fourth-order valence-electron chi connectivity index (χ4n) is 2.15. The fraction of sp³-hybridized carbons (Fsp3) is 0.400. The molecule has 1 saturated heterocycles. The second-order valence-electron chi connectivity index (χ2n) is 3.97. The Morgan fingerprint density at radius 2 is 2.00 bits per heavy atom. The summed E-state index contributed by atoms with van der Waals surface area (Å²) in [5, 5.41) is 1.94. The van der Waals surface area contributed by atoms with Crippen molar-refractivity contribution in [2.24, 2.45) is 17.6 Å². The average molecular weight is 222 g/mol. The topological polar surface area (TPSA) is 63.4 Å². The lowest BCUT2D eigenvalue weighted by Crippen LogP contribution is -2.36. The van der Waals surface area contributed by atoms with Crippen LogP contribution in [0.1, 0.15) is 4.88 Å². The molecule has 3 rings (SSSR count). The van der Waals surface area contributed by atoms with Gasteiger partial charge in [0.05, 0.1) is 18.4 Å². The number of imide groups is 1. The van der Waals surface area contributed by atoms with Gasteiger partial charge in [0.1, 0.15) is 0 Å². The van der Waals surface area contributed by atoms with Crippen LogP contribution in [0.3, 0.4) is 0 Å². The summed E-state index contributed by atoms with van der Waals surface area (Å²) in [7, 11) is 0. The summed E-state index contributed by atoms with van der Waals surface area (Å²) in [6.45, 7) is 0.412. The van der Waals surface area contributed by atoms with Crippen molar-refractivity contribution in [2.75, 3.05) is 0 Å². The van der Waals surface area contributed by atoms with Crippen LogP contribution in [0.4, 0.5) is 0 Å². The highest BCUT2D eigenvalue weighted by Gasteiger charge is 2.65. The molecular weight excluding hydrogens is 212 g/mol. The Labute approximate surface area is 90.7 Å².